The number of aryl methyl sites for hydroxylation is 2. The van der Waals surface area contributed by atoms with Crippen LogP contribution < -0.4 is 16.8 Å². The van der Waals surface area contributed by atoms with Crippen LogP contribution in [0, 0.1) is 0 Å². The summed E-state index contributed by atoms with van der Waals surface area (Å²) in [5.74, 6) is -6.39. The maximum atomic E-state index is 13.4. The maximum Gasteiger partial charge on any atom is 0.453 e. The summed E-state index contributed by atoms with van der Waals surface area (Å²) in [4.78, 5) is 28.9. The SMILES string of the molecule is Cn1ncc2c(-c3nc(N)c4c(n3)NC(=O)C4(C)C(N)O)nc(CCC(F)(F)C(F)(F)F)nc21. The molecule has 3 aromatic rings. The van der Waals surface area contributed by atoms with E-state index >= 15 is 0 Å². The molecule has 0 aromatic carbocycles. The molecule has 0 bridgehead atoms. The highest BCUT2D eigenvalue weighted by molar-refractivity contribution is 6.07. The van der Waals surface area contributed by atoms with Gasteiger partial charge in [-0.25, -0.2) is 19.9 Å². The van der Waals surface area contributed by atoms with Crippen LogP contribution in [0.5, 0.6) is 0 Å². The van der Waals surface area contributed by atoms with Crippen LogP contribution in [0.25, 0.3) is 22.6 Å². The van der Waals surface area contributed by atoms with Crippen molar-refractivity contribution < 1.29 is 31.9 Å². The summed E-state index contributed by atoms with van der Waals surface area (Å²) in [6.07, 6.45) is -8.40. The molecule has 6 N–H and O–H groups in total. The van der Waals surface area contributed by atoms with Gasteiger partial charge in [-0.1, -0.05) is 0 Å². The number of nitrogens with zero attached hydrogens (tertiary/aromatic N) is 6. The van der Waals surface area contributed by atoms with E-state index < -0.39 is 42.5 Å². The monoisotopic (exact) mass is 487 g/mol. The number of hydrogen-bond acceptors (Lipinski definition) is 9. The van der Waals surface area contributed by atoms with Crippen molar-refractivity contribution >= 4 is 28.6 Å². The zero-order valence-electron chi connectivity index (χ0n) is 17.7. The average Bonchev–Trinajstić information content (AvgIpc) is 3.23. The number of nitrogen functional groups attached to an aromatic ring is 1. The summed E-state index contributed by atoms with van der Waals surface area (Å²) in [6.45, 7) is 1.35. The fraction of sp³-hybridized carbons (Fsp3) is 0.444. The van der Waals surface area contributed by atoms with Gasteiger partial charge in [-0.2, -0.15) is 27.1 Å². The number of fused-ring (bicyclic) bond motifs is 2. The molecule has 0 fully saturated rings. The van der Waals surface area contributed by atoms with E-state index in [0.717, 1.165) is 0 Å². The van der Waals surface area contributed by atoms with Crippen molar-refractivity contribution in [3.05, 3.63) is 17.6 Å². The molecule has 34 heavy (non-hydrogen) atoms. The highest BCUT2D eigenvalue weighted by atomic mass is 19.4. The Labute approximate surface area is 187 Å². The Bertz CT molecular complexity index is 1310. The second-order valence-corrected chi connectivity index (χ2v) is 7.95. The lowest BCUT2D eigenvalue weighted by Crippen LogP contribution is -2.48. The maximum absolute atomic E-state index is 13.4. The second kappa shape index (κ2) is 7.49. The summed E-state index contributed by atoms with van der Waals surface area (Å²) in [6, 6.07) is 0. The summed E-state index contributed by atoms with van der Waals surface area (Å²) >= 11 is 0. The molecule has 0 saturated heterocycles. The number of aliphatic hydroxyl groups excluding tert-OH is 1. The Kier molecular flexibility index (Phi) is 5.20. The number of hydrogen-bond donors (Lipinski definition) is 4. The Morgan fingerprint density at radius 1 is 1.21 bits per heavy atom. The van der Waals surface area contributed by atoms with Gasteiger partial charge in [0, 0.05) is 19.9 Å². The lowest BCUT2D eigenvalue weighted by molar-refractivity contribution is -0.284. The number of carbonyl (C=O) groups is 1. The average molecular weight is 487 g/mol. The highest BCUT2D eigenvalue weighted by Gasteiger charge is 2.56. The molecular formula is C18H18F5N9O2. The van der Waals surface area contributed by atoms with E-state index in [-0.39, 0.29) is 45.6 Å². The third kappa shape index (κ3) is 3.49. The van der Waals surface area contributed by atoms with Gasteiger partial charge in [-0.05, 0) is 6.92 Å². The predicted octanol–water partition coefficient (Wildman–Crippen LogP) is 1.02. The first-order valence-corrected chi connectivity index (χ1v) is 9.73. The number of nitrogens with two attached hydrogens (primary N) is 2. The normalized spacial score (nSPS) is 19.4. The molecule has 2 unspecified atom stereocenters. The molecule has 16 heteroatoms. The molecule has 2 atom stereocenters. The molecular weight excluding hydrogens is 469 g/mol. The molecule has 1 amide bonds. The first kappa shape index (κ1) is 23.6. The first-order chi connectivity index (χ1) is 15.7. The van der Waals surface area contributed by atoms with Crippen LogP contribution in [-0.2, 0) is 23.7 Å². The van der Waals surface area contributed by atoms with E-state index in [1.54, 1.807) is 0 Å². The van der Waals surface area contributed by atoms with Crippen LogP contribution in [0.4, 0.5) is 33.6 Å². The van der Waals surface area contributed by atoms with Gasteiger partial charge in [0.2, 0.25) is 5.91 Å². The minimum absolute atomic E-state index is 0.0472. The van der Waals surface area contributed by atoms with Crippen LogP contribution >= 0.6 is 0 Å². The van der Waals surface area contributed by atoms with Crippen molar-refractivity contribution in [3.8, 4) is 11.5 Å². The van der Waals surface area contributed by atoms with Crippen molar-refractivity contribution in [2.45, 2.75) is 43.5 Å². The number of aliphatic hydroxyl groups is 1. The standard InChI is InChI=1S/C18H18F5N9O2/c1-16(14(25)33)8-10(24)29-12(30-11(8)31-15(16)34)9-6-5-26-32(2)13(6)28-7(27-9)3-4-17(19,20)18(21,22)23/h5,14,33H,3-4,25H2,1-2H3,(H3,24,29,30,31,34). The van der Waals surface area contributed by atoms with Crippen LogP contribution in [-0.4, -0.2) is 59.1 Å². The zero-order valence-corrected chi connectivity index (χ0v) is 17.7. The number of anilines is 2. The lowest BCUT2D eigenvalue weighted by atomic mass is 9.83. The van der Waals surface area contributed by atoms with Crippen molar-refractivity contribution in [2.75, 3.05) is 11.1 Å². The molecule has 1 aliphatic heterocycles. The van der Waals surface area contributed by atoms with Crippen LogP contribution in [0.3, 0.4) is 0 Å². The number of rotatable bonds is 5. The Hall–Kier alpha value is -3.53. The molecule has 0 saturated carbocycles. The van der Waals surface area contributed by atoms with Crippen LogP contribution in [0.2, 0.25) is 0 Å². The van der Waals surface area contributed by atoms with E-state index in [2.05, 4.69) is 30.4 Å². The topological polar surface area (TPSA) is 171 Å². The van der Waals surface area contributed by atoms with Crippen LogP contribution in [0.15, 0.2) is 6.20 Å². The van der Waals surface area contributed by atoms with Crippen LogP contribution in [0.1, 0.15) is 24.7 Å². The minimum Gasteiger partial charge on any atom is -0.383 e. The fourth-order valence-electron chi connectivity index (χ4n) is 3.58. The number of aromatic nitrogens is 6. The van der Waals surface area contributed by atoms with E-state index in [1.165, 1.54) is 24.9 Å². The van der Waals surface area contributed by atoms with Gasteiger partial charge >= 0.3 is 12.1 Å². The number of halogens is 5. The molecule has 1 aliphatic rings. The van der Waals surface area contributed by atoms with E-state index in [1.807, 2.05) is 0 Å². The van der Waals surface area contributed by atoms with E-state index in [4.69, 9.17) is 11.5 Å². The molecule has 0 radical (unpaired) electrons. The third-order valence-corrected chi connectivity index (χ3v) is 5.68. The summed E-state index contributed by atoms with van der Waals surface area (Å²) in [7, 11) is 1.49. The minimum atomic E-state index is -5.72. The third-order valence-electron chi connectivity index (χ3n) is 5.68. The predicted molar refractivity (Wildman–Crippen MR) is 107 cm³/mol. The molecule has 0 spiro atoms. The zero-order chi connectivity index (χ0) is 25.2. The van der Waals surface area contributed by atoms with Gasteiger partial charge in [-0.15, -0.1) is 0 Å². The molecule has 0 aliphatic carbocycles. The van der Waals surface area contributed by atoms with Gasteiger partial charge < -0.3 is 21.9 Å². The molecule has 4 rings (SSSR count). The summed E-state index contributed by atoms with van der Waals surface area (Å²) < 4.78 is 65.9. The Morgan fingerprint density at radius 3 is 2.50 bits per heavy atom. The van der Waals surface area contributed by atoms with Crippen molar-refractivity contribution in [3.63, 3.8) is 0 Å². The highest BCUT2D eigenvalue weighted by Crippen LogP contribution is 2.42. The Balaban J connectivity index is 1.82. The number of nitrogens with one attached hydrogen (secondary N) is 1. The number of alkyl halides is 5. The fourth-order valence-corrected chi connectivity index (χ4v) is 3.58. The molecule has 11 nitrogen and oxygen atoms in total. The van der Waals surface area contributed by atoms with Crippen molar-refractivity contribution in [1.29, 1.82) is 0 Å². The molecule has 182 valence electrons. The molecule has 4 heterocycles. The van der Waals surface area contributed by atoms with E-state index in [9.17, 15) is 31.9 Å². The number of carbonyl (C=O) groups excluding carboxylic acids is 1. The quantitative estimate of drug-likeness (QED) is 0.303. The second-order valence-electron chi connectivity index (χ2n) is 7.95. The molecule has 3 aromatic heterocycles. The lowest BCUT2D eigenvalue weighted by Gasteiger charge is -2.25. The number of amides is 1. The van der Waals surface area contributed by atoms with Gasteiger partial charge in [0.25, 0.3) is 0 Å². The van der Waals surface area contributed by atoms with Crippen molar-refractivity contribution in [2.24, 2.45) is 12.8 Å². The van der Waals surface area contributed by atoms with Gasteiger partial charge in [0.1, 0.15) is 34.8 Å². The van der Waals surface area contributed by atoms with Gasteiger partial charge in [0.15, 0.2) is 11.5 Å². The smallest absolute Gasteiger partial charge is 0.383 e. The first-order valence-electron chi connectivity index (χ1n) is 9.73. The van der Waals surface area contributed by atoms with Gasteiger partial charge in [0.05, 0.1) is 17.1 Å². The Morgan fingerprint density at radius 2 is 1.88 bits per heavy atom. The summed E-state index contributed by atoms with van der Waals surface area (Å²) in [5.41, 5.74) is 10.1. The van der Waals surface area contributed by atoms with Crippen molar-refractivity contribution in [1.82, 2.24) is 29.7 Å². The van der Waals surface area contributed by atoms with Gasteiger partial charge in [-0.3, -0.25) is 9.48 Å². The summed E-state index contributed by atoms with van der Waals surface area (Å²) in [5, 5.41) is 16.7. The largest absolute Gasteiger partial charge is 0.453 e. The van der Waals surface area contributed by atoms with E-state index in [0.29, 0.717) is 0 Å².